The average Bonchev–Trinajstić information content (AvgIpc) is 3.10. The Morgan fingerprint density at radius 2 is 2.10 bits per heavy atom. The Hall–Kier alpha value is -1.92. The van der Waals surface area contributed by atoms with Crippen LogP contribution in [0.4, 0.5) is 0 Å². The SMILES string of the molecule is Cc1nc(CN(C)C(=O)CCNC(=O)C2CCCC2)n[nH]1. The second kappa shape index (κ2) is 7.19. The van der Waals surface area contributed by atoms with E-state index in [-0.39, 0.29) is 17.7 Å². The molecule has 1 aromatic rings. The highest BCUT2D eigenvalue weighted by Gasteiger charge is 2.22. The topological polar surface area (TPSA) is 91.0 Å². The maximum absolute atomic E-state index is 12.0. The average molecular weight is 293 g/mol. The minimum atomic E-state index is -0.0239. The van der Waals surface area contributed by atoms with Crippen LogP contribution in [0.15, 0.2) is 0 Å². The van der Waals surface area contributed by atoms with E-state index in [0.29, 0.717) is 25.3 Å². The van der Waals surface area contributed by atoms with E-state index in [4.69, 9.17) is 0 Å². The van der Waals surface area contributed by atoms with Crippen LogP contribution < -0.4 is 5.32 Å². The predicted molar refractivity (Wildman–Crippen MR) is 77.2 cm³/mol. The van der Waals surface area contributed by atoms with Gasteiger partial charge in [0.05, 0.1) is 6.54 Å². The molecule has 1 aliphatic carbocycles. The summed E-state index contributed by atoms with van der Waals surface area (Å²) in [5.41, 5.74) is 0. The van der Waals surface area contributed by atoms with Crippen molar-refractivity contribution in [3.8, 4) is 0 Å². The first kappa shape index (κ1) is 15.5. The van der Waals surface area contributed by atoms with Gasteiger partial charge in [0.15, 0.2) is 5.82 Å². The van der Waals surface area contributed by atoms with Gasteiger partial charge in [0.25, 0.3) is 0 Å². The van der Waals surface area contributed by atoms with E-state index in [0.717, 1.165) is 31.5 Å². The Bertz CT molecular complexity index is 493. The minimum absolute atomic E-state index is 0.0239. The number of aromatic nitrogens is 3. The van der Waals surface area contributed by atoms with Crippen LogP contribution in [-0.2, 0) is 16.1 Å². The summed E-state index contributed by atoms with van der Waals surface area (Å²) in [5, 5.41) is 9.60. The number of aromatic amines is 1. The highest BCUT2D eigenvalue weighted by molar-refractivity contribution is 5.80. The van der Waals surface area contributed by atoms with Gasteiger partial charge < -0.3 is 10.2 Å². The van der Waals surface area contributed by atoms with Gasteiger partial charge in [-0.1, -0.05) is 12.8 Å². The van der Waals surface area contributed by atoms with Gasteiger partial charge in [-0.2, -0.15) is 5.10 Å². The molecule has 0 aliphatic heterocycles. The lowest BCUT2D eigenvalue weighted by molar-refractivity contribution is -0.130. The van der Waals surface area contributed by atoms with Gasteiger partial charge in [-0.15, -0.1) is 0 Å². The highest BCUT2D eigenvalue weighted by Crippen LogP contribution is 2.24. The van der Waals surface area contributed by atoms with Crippen LogP contribution in [0.5, 0.6) is 0 Å². The van der Waals surface area contributed by atoms with Crippen molar-refractivity contribution in [3.63, 3.8) is 0 Å². The molecular formula is C14H23N5O2. The standard InChI is InChI=1S/C14H23N5O2/c1-10-16-12(18-17-10)9-19(2)13(20)7-8-15-14(21)11-5-3-4-6-11/h11H,3-9H2,1-2H3,(H,15,21)(H,16,17,18). The maximum atomic E-state index is 12.0. The summed E-state index contributed by atoms with van der Waals surface area (Å²) in [4.78, 5) is 29.5. The van der Waals surface area contributed by atoms with Gasteiger partial charge in [0.1, 0.15) is 5.82 Å². The molecule has 1 heterocycles. The Labute approximate surface area is 124 Å². The highest BCUT2D eigenvalue weighted by atomic mass is 16.2. The fourth-order valence-electron chi connectivity index (χ4n) is 2.58. The number of carbonyl (C=O) groups is 2. The van der Waals surface area contributed by atoms with Crippen molar-refractivity contribution in [3.05, 3.63) is 11.6 Å². The molecule has 7 heteroatoms. The molecule has 0 unspecified atom stereocenters. The second-order valence-electron chi connectivity index (χ2n) is 5.61. The van der Waals surface area contributed by atoms with Gasteiger partial charge >= 0.3 is 0 Å². The molecule has 1 aromatic heterocycles. The molecule has 0 saturated heterocycles. The first-order valence-corrected chi connectivity index (χ1v) is 7.46. The zero-order chi connectivity index (χ0) is 15.2. The molecule has 2 N–H and O–H groups in total. The zero-order valence-electron chi connectivity index (χ0n) is 12.7. The van der Waals surface area contributed by atoms with Crippen molar-refractivity contribution in [2.24, 2.45) is 5.92 Å². The minimum Gasteiger partial charge on any atom is -0.355 e. The van der Waals surface area contributed by atoms with Gasteiger partial charge in [-0.25, -0.2) is 4.98 Å². The van der Waals surface area contributed by atoms with E-state index in [9.17, 15) is 9.59 Å². The van der Waals surface area contributed by atoms with Crippen molar-refractivity contribution in [2.75, 3.05) is 13.6 Å². The molecule has 1 fully saturated rings. The molecule has 0 atom stereocenters. The Morgan fingerprint density at radius 1 is 1.38 bits per heavy atom. The van der Waals surface area contributed by atoms with Crippen molar-refractivity contribution >= 4 is 11.8 Å². The number of nitrogens with one attached hydrogen (secondary N) is 2. The lowest BCUT2D eigenvalue weighted by Crippen LogP contribution is -2.34. The Morgan fingerprint density at radius 3 is 2.71 bits per heavy atom. The normalized spacial score (nSPS) is 15.1. The molecule has 116 valence electrons. The fourth-order valence-corrected chi connectivity index (χ4v) is 2.58. The maximum Gasteiger partial charge on any atom is 0.224 e. The molecule has 2 amide bonds. The van der Waals surface area contributed by atoms with Crippen LogP contribution >= 0.6 is 0 Å². The number of aryl methyl sites for hydroxylation is 1. The van der Waals surface area contributed by atoms with Crippen molar-refractivity contribution < 1.29 is 9.59 Å². The quantitative estimate of drug-likeness (QED) is 0.810. The largest absolute Gasteiger partial charge is 0.355 e. The van der Waals surface area contributed by atoms with Gasteiger partial charge in [0.2, 0.25) is 11.8 Å². The van der Waals surface area contributed by atoms with E-state index in [1.807, 2.05) is 6.92 Å². The van der Waals surface area contributed by atoms with E-state index in [1.165, 1.54) is 0 Å². The summed E-state index contributed by atoms with van der Waals surface area (Å²) < 4.78 is 0. The van der Waals surface area contributed by atoms with Crippen LogP contribution in [0.2, 0.25) is 0 Å². The molecule has 2 rings (SSSR count). The molecule has 21 heavy (non-hydrogen) atoms. The number of carbonyl (C=O) groups excluding carboxylic acids is 2. The third-order valence-electron chi connectivity index (χ3n) is 3.81. The Balaban J connectivity index is 1.67. The van der Waals surface area contributed by atoms with Crippen LogP contribution in [-0.4, -0.2) is 45.5 Å². The van der Waals surface area contributed by atoms with E-state index < -0.39 is 0 Å². The van der Waals surface area contributed by atoms with Gasteiger partial charge in [-0.3, -0.25) is 14.7 Å². The van der Waals surface area contributed by atoms with Crippen molar-refractivity contribution in [1.82, 2.24) is 25.4 Å². The summed E-state index contributed by atoms with van der Waals surface area (Å²) in [7, 11) is 1.72. The molecule has 0 spiro atoms. The summed E-state index contributed by atoms with van der Waals surface area (Å²) in [6, 6.07) is 0. The van der Waals surface area contributed by atoms with Gasteiger partial charge in [-0.05, 0) is 19.8 Å². The van der Waals surface area contributed by atoms with E-state index in [2.05, 4.69) is 20.5 Å². The summed E-state index contributed by atoms with van der Waals surface area (Å²) in [5.74, 6) is 1.54. The van der Waals surface area contributed by atoms with Crippen LogP contribution in [0.3, 0.4) is 0 Å². The predicted octanol–water partition coefficient (Wildman–Crippen LogP) is 0.768. The van der Waals surface area contributed by atoms with Crippen molar-refractivity contribution in [2.45, 2.75) is 45.6 Å². The number of rotatable bonds is 6. The first-order valence-electron chi connectivity index (χ1n) is 7.46. The summed E-state index contributed by atoms with van der Waals surface area (Å²) in [6.07, 6.45) is 4.53. The van der Waals surface area contributed by atoms with Crippen molar-refractivity contribution in [1.29, 1.82) is 0 Å². The molecule has 1 saturated carbocycles. The van der Waals surface area contributed by atoms with Gasteiger partial charge in [0, 0.05) is 25.9 Å². The number of amides is 2. The van der Waals surface area contributed by atoms with E-state index >= 15 is 0 Å². The van der Waals surface area contributed by atoms with Crippen LogP contribution in [0.25, 0.3) is 0 Å². The van der Waals surface area contributed by atoms with Crippen LogP contribution in [0.1, 0.15) is 43.8 Å². The third-order valence-corrected chi connectivity index (χ3v) is 3.81. The summed E-state index contributed by atoms with van der Waals surface area (Å²) in [6.45, 7) is 2.59. The number of hydrogen-bond acceptors (Lipinski definition) is 4. The zero-order valence-corrected chi connectivity index (χ0v) is 12.7. The number of H-pyrrole nitrogens is 1. The molecule has 0 aromatic carbocycles. The first-order chi connectivity index (χ1) is 10.1. The molecule has 0 bridgehead atoms. The number of hydrogen-bond donors (Lipinski definition) is 2. The number of nitrogens with zero attached hydrogens (tertiary/aromatic N) is 3. The fraction of sp³-hybridized carbons (Fsp3) is 0.714. The molecule has 7 nitrogen and oxygen atoms in total. The lowest BCUT2D eigenvalue weighted by atomic mass is 10.1. The van der Waals surface area contributed by atoms with E-state index in [1.54, 1.807) is 11.9 Å². The third kappa shape index (κ3) is 4.54. The molecule has 0 radical (unpaired) electrons. The summed E-state index contributed by atoms with van der Waals surface area (Å²) >= 11 is 0. The molecule has 1 aliphatic rings. The smallest absolute Gasteiger partial charge is 0.224 e. The second-order valence-corrected chi connectivity index (χ2v) is 5.61. The monoisotopic (exact) mass is 293 g/mol. The molecular weight excluding hydrogens is 270 g/mol. The Kier molecular flexibility index (Phi) is 5.30. The lowest BCUT2D eigenvalue weighted by Gasteiger charge is -2.16. The van der Waals surface area contributed by atoms with Crippen LogP contribution in [0, 0.1) is 12.8 Å².